The Labute approximate surface area is 107 Å². The number of nitro groups is 1. The second-order valence-corrected chi connectivity index (χ2v) is 3.54. The molecule has 8 heteroatoms. The largest absolute Gasteiger partial charge is 0.493 e. The molecule has 0 aliphatic carbocycles. The molecule has 1 unspecified atom stereocenters. The van der Waals surface area contributed by atoms with Crippen LogP contribution >= 0.6 is 0 Å². The average Bonchev–Trinajstić information content (AvgIpc) is 2.38. The minimum absolute atomic E-state index is 0.0793. The van der Waals surface area contributed by atoms with Gasteiger partial charge in [0.05, 0.1) is 23.7 Å². The maximum Gasteiger partial charge on any atom is 0.344 e. The predicted octanol–water partition coefficient (Wildman–Crippen LogP) is 1.27. The number of aldehydes is 1. The van der Waals surface area contributed by atoms with Crippen LogP contribution in [0.1, 0.15) is 17.3 Å². The molecule has 1 N–H and O–H groups in total. The second kappa shape index (κ2) is 5.80. The SMILES string of the molecule is COc1cc([N+](=O)[O-])cc(C=O)c1OC(C)C(=O)O. The van der Waals surface area contributed by atoms with Crippen molar-refractivity contribution in [1.82, 2.24) is 0 Å². The fraction of sp³-hybridized carbons (Fsp3) is 0.273. The Balaban J connectivity index is 3.32. The molecule has 1 rings (SSSR count). The number of rotatable bonds is 6. The van der Waals surface area contributed by atoms with E-state index in [9.17, 15) is 19.7 Å². The monoisotopic (exact) mass is 269 g/mol. The van der Waals surface area contributed by atoms with Crippen LogP contribution in [-0.4, -0.2) is 35.5 Å². The Hall–Kier alpha value is -2.64. The van der Waals surface area contributed by atoms with Crippen molar-refractivity contribution in [3.8, 4) is 11.5 Å². The Bertz CT molecular complexity index is 526. The Morgan fingerprint density at radius 3 is 2.58 bits per heavy atom. The van der Waals surface area contributed by atoms with Gasteiger partial charge in [-0.2, -0.15) is 0 Å². The molecule has 0 aliphatic rings. The number of methoxy groups -OCH3 is 1. The molecule has 0 radical (unpaired) electrons. The summed E-state index contributed by atoms with van der Waals surface area (Å²) in [6.45, 7) is 1.26. The summed E-state index contributed by atoms with van der Waals surface area (Å²) in [5.41, 5.74) is -0.506. The zero-order valence-electron chi connectivity index (χ0n) is 10.2. The van der Waals surface area contributed by atoms with Gasteiger partial charge in [0.1, 0.15) is 0 Å². The van der Waals surface area contributed by atoms with Gasteiger partial charge in [0, 0.05) is 6.07 Å². The van der Waals surface area contributed by atoms with E-state index >= 15 is 0 Å². The van der Waals surface area contributed by atoms with E-state index in [-0.39, 0.29) is 22.7 Å². The highest BCUT2D eigenvalue weighted by atomic mass is 16.6. The Morgan fingerprint density at radius 2 is 2.16 bits per heavy atom. The lowest BCUT2D eigenvalue weighted by Crippen LogP contribution is -2.23. The molecular weight excluding hydrogens is 258 g/mol. The number of nitro benzene ring substituents is 1. The number of carboxylic acids is 1. The summed E-state index contributed by atoms with van der Waals surface area (Å²) < 4.78 is 9.95. The van der Waals surface area contributed by atoms with E-state index in [1.54, 1.807) is 0 Å². The van der Waals surface area contributed by atoms with Gasteiger partial charge in [0.2, 0.25) is 0 Å². The minimum atomic E-state index is -1.24. The van der Waals surface area contributed by atoms with E-state index in [0.29, 0.717) is 6.29 Å². The van der Waals surface area contributed by atoms with Crippen LogP contribution in [-0.2, 0) is 4.79 Å². The van der Waals surface area contributed by atoms with Gasteiger partial charge < -0.3 is 14.6 Å². The number of carbonyl (C=O) groups excluding carboxylic acids is 1. The molecule has 0 heterocycles. The van der Waals surface area contributed by atoms with Crippen LogP contribution in [0, 0.1) is 10.1 Å². The molecule has 0 spiro atoms. The summed E-state index contributed by atoms with van der Waals surface area (Å²) in [5.74, 6) is -1.46. The highest BCUT2D eigenvalue weighted by Crippen LogP contribution is 2.35. The number of non-ortho nitro benzene ring substituents is 1. The summed E-state index contributed by atoms with van der Waals surface area (Å²) in [6.07, 6.45) is -0.895. The van der Waals surface area contributed by atoms with Gasteiger partial charge in [-0.25, -0.2) is 4.79 Å². The Kier molecular flexibility index (Phi) is 4.41. The predicted molar refractivity (Wildman–Crippen MR) is 62.8 cm³/mol. The molecule has 0 saturated carbocycles. The van der Waals surface area contributed by atoms with Crippen molar-refractivity contribution in [1.29, 1.82) is 0 Å². The van der Waals surface area contributed by atoms with Crippen LogP contribution in [0.3, 0.4) is 0 Å². The topological polar surface area (TPSA) is 116 Å². The first-order valence-corrected chi connectivity index (χ1v) is 5.11. The molecule has 0 saturated heterocycles. The van der Waals surface area contributed by atoms with Crippen LogP contribution < -0.4 is 9.47 Å². The highest BCUT2D eigenvalue weighted by Gasteiger charge is 2.22. The molecule has 1 aromatic carbocycles. The van der Waals surface area contributed by atoms with Gasteiger partial charge in [-0.1, -0.05) is 0 Å². The first-order valence-electron chi connectivity index (χ1n) is 5.11. The highest BCUT2D eigenvalue weighted by molar-refractivity contribution is 5.83. The van der Waals surface area contributed by atoms with Crippen LogP contribution in [0.25, 0.3) is 0 Å². The lowest BCUT2D eigenvalue weighted by molar-refractivity contribution is -0.385. The van der Waals surface area contributed by atoms with Crippen LogP contribution in [0.4, 0.5) is 5.69 Å². The molecule has 0 aliphatic heterocycles. The normalized spacial score (nSPS) is 11.5. The molecule has 0 aromatic heterocycles. The summed E-state index contributed by atoms with van der Waals surface area (Å²) in [4.78, 5) is 31.6. The van der Waals surface area contributed by atoms with Gasteiger partial charge in [-0.05, 0) is 6.92 Å². The van der Waals surface area contributed by atoms with Crippen molar-refractivity contribution in [2.24, 2.45) is 0 Å². The molecule has 0 fully saturated rings. The number of ether oxygens (including phenoxy) is 2. The van der Waals surface area contributed by atoms with Crippen molar-refractivity contribution >= 4 is 17.9 Å². The lowest BCUT2D eigenvalue weighted by Gasteiger charge is -2.15. The molecule has 19 heavy (non-hydrogen) atoms. The lowest BCUT2D eigenvalue weighted by atomic mass is 10.1. The third-order valence-corrected chi connectivity index (χ3v) is 2.27. The summed E-state index contributed by atoms with van der Waals surface area (Å²) in [6, 6.07) is 2.04. The fourth-order valence-corrected chi connectivity index (χ4v) is 1.31. The third-order valence-electron chi connectivity index (χ3n) is 2.27. The van der Waals surface area contributed by atoms with Crippen molar-refractivity contribution in [3.05, 3.63) is 27.8 Å². The van der Waals surface area contributed by atoms with Crippen LogP contribution in [0.5, 0.6) is 11.5 Å². The average molecular weight is 269 g/mol. The molecule has 1 atom stereocenters. The van der Waals surface area contributed by atoms with Crippen LogP contribution in [0.2, 0.25) is 0 Å². The summed E-state index contributed by atoms with van der Waals surface area (Å²) in [7, 11) is 1.23. The molecule has 102 valence electrons. The number of hydrogen-bond acceptors (Lipinski definition) is 6. The zero-order chi connectivity index (χ0) is 14.6. The molecular formula is C11H11NO7. The van der Waals surface area contributed by atoms with E-state index in [4.69, 9.17) is 14.6 Å². The fourth-order valence-electron chi connectivity index (χ4n) is 1.31. The van der Waals surface area contributed by atoms with Gasteiger partial charge in [0.15, 0.2) is 23.9 Å². The number of carbonyl (C=O) groups is 2. The first kappa shape index (κ1) is 14.4. The maximum absolute atomic E-state index is 10.9. The van der Waals surface area contributed by atoms with E-state index in [1.807, 2.05) is 0 Å². The third kappa shape index (κ3) is 3.18. The summed E-state index contributed by atoms with van der Waals surface area (Å²) >= 11 is 0. The molecule has 1 aromatic rings. The van der Waals surface area contributed by atoms with E-state index in [1.165, 1.54) is 14.0 Å². The molecule has 0 amide bonds. The quantitative estimate of drug-likeness (QED) is 0.469. The van der Waals surface area contributed by atoms with Crippen molar-refractivity contribution in [2.75, 3.05) is 7.11 Å². The zero-order valence-corrected chi connectivity index (χ0v) is 10.2. The van der Waals surface area contributed by atoms with Gasteiger partial charge in [-0.3, -0.25) is 14.9 Å². The van der Waals surface area contributed by atoms with Gasteiger partial charge in [-0.15, -0.1) is 0 Å². The van der Waals surface area contributed by atoms with E-state index < -0.39 is 17.0 Å². The maximum atomic E-state index is 10.9. The van der Waals surface area contributed by atoms with Crippen molar-refractivity contribution in [2.45, 2.75) is 13.0 Å². The number of aliphatic carboxylic acids is 1. The van der Waals surface area contributed by atoms with Crippen molar-refractivity contribution < 1.29 is 29.1 Å². The van der Waals surface area contributed by atoms with Crippen LogP contribution in [0.15, 0.2) is 12.1 Å². The Morgan fingerprint density at radius 1 is 1.53 bits per heavy atom. The van der Waals surface area contributed by atoms with Crippen molar-refractivity contribution in [3.63, 3.8) is 0 Å². The smallest absolute Gasteiger partial charge is 0.344 e. The van der Waals surface area contributed by atoms with E-state index in [0.717, 1.165) is 12.1 Å². The summed E-state index contributed by atoms with van der Waals surface area (Å²) in [5, 5.41) is 19.4. The van der Waals surface area contributed by atoms with Gasteiger partial charge in [0.25, 0.3) is 5.69 Å². The standard InChI is InChI=1S/C11H11NO7/c1-6(11(14)15)19-10-7(5-13)3-8(12(16)17)4-9(10)18-2/h3-6H,1-2H3,(H,14,15). The minimum Gasteiger partial charge on any atom is -0.493 e. The number of hydrogen-bond donors (Lipinski definition) is 1. The van der Waals surface area contributed by atoms with E-state index in [2.05, 4.69) is 0 Å². The number of nitrogens with zero attached hydrogens (tertiary/aromatic N) is 1. The molecule has 0 bridgehead atoms. The second-order valence-electron chi connectivity index (χ2n) is 3.54. The molecule has 8 nitrogen and oxygen atoms in total. The number of benzene rings is 1. The number of carboxylic acid groups (broad SMARTS) is 1. The van der Waals surface area contributed by atoms with Gasteiger partial charge >= 0.3 is 5.97 Å². The first-order chi connectivity index (χ1) is 8.90.